The quantitative estimate of drug-likeness (QED) is 0.603. The van der Waals surface area contributed by atoms with E-state index in [0.29, 0.717) is 0 Å². The Morgan fingerprint density at radius 1 is 0.963 bits per heavy atom. The fourth-order valence-electron chi connectivity index (χ4n) is 2.95. The maximum Gasteiger partial charge on any atom is 0.251 e. The average molecular weight is 360 g/mol. The summed E-state index contributed by atoms with van der Waals surface area (Å²) in [5.41, 5.74) is 5.37. The van der Waals surface area contributed by atoms with Crippen LogP contribution in [0.4, 0.5) is 11.4 Å². The number of benzene rings is 3. The van der Waals surface area contributed by atoms with Crippen LogP contribution in [0.25, 0.3) is 0 Å². The maximum absolute atomic E-state index is 13.1. The van der Waals surface area contributed by atoms with E-state index in [9.17, 15) is 9.90 Å². The molecule has 27 heavy (non-hydrogen) atoms. The first-order chi connectivity index (χ1) is 13.1. The molecule has 0 heterocycles. The lowest BCUT2D eigenvalue weighted by atomic mass is 10.0. The van der Waals surface area contributed by atoms with Crippen LogP contribution in [0.15, 0.2) is 72.8 Å². The molecule has 0 saturated carbocycles. The largest absolute Gasteiger partial charge is 0.392 e. The van der Waals surface area contributed by atoms with Crippen LogP contribution in [0, 0.1) is 13.8 Å². The number of rotatable bonds is 6. The molecule has 3 aromatic carbocycles. The standard InChI is InChI=1S/C23H24N2O2/c1-16-11-12-17(2)21(13-16)25-23(27)22(19-8-4-3-5-9-19)24-20-10-6-7-18(14-20)15-26/h3-14,22,24,26H,15H2,1-2H3,(H,25,27)/t22-/m0/s1. The van der Waals surface area contributed by atoms with Crippen molar-refractivity contribution >= 4 is 17.3 Å². The molecule has 1 atom stereocenters. The first kappa shape index (κ1) is 18.7. The van der Waals surface area contributed by atoms with Gasteiger partial charge in [0.1, 0.15) is 6.04 Å². The van der Waals surface area contributed by atoms with E-state index in [0.717, 1.165) is 33.6 Å². The third kappa shape index (κ3) is 4.74. The van der Waals surface area contributed by atoms with Gasteiger partial charge in [-0.3, -0.25) is 4.79 Å². The summed E-state index contributed by atoms with van der Waals surface area (Å²) in [5.74, 6) is -0.135. The van der Waals surface area contributed by atoms with Crippen molar-refractivity contribution in [2.75, 3.05) is 10.6 Å². The molecule has 0 fully saturated rings. The molecular weight excluding hydrogens is 336 g/mol. The van der Waals surface area contributed by atoms with Crippen molar-refractivity contribution in [3.63, 3.8) is 0 Å². The highest BCUT2D eigenvalue weighted by atomic mass is 16.3. The van der Waals surface area contributed by atoms with Crippen molar-refractivity contribution in [1.29, 1.82) is 0 Å². The number of carbonyl (C=O) groups is 1. The number of anilines is 2. The van der Waals surface area contributed by atoms with Crippen LogP contribution >= 0.6 is 0 Å². The van der Waals surface area contributed by atoms with Crippen LogP contribution < -0.4 is 10.6 Å². The van der Waals surface area contributed by atoms with Crippen molar-refractivity contribution in [2.45, 2.75) is 26.5 Å². The van der Waals surface area contributed by atoms with E-state index < -0.39 is 6.04 Å². The summed E-state index contributed by atoms with van der Waals surface area (Å²) in [4.78, 5) is 13.1. The first-order valence-corrected chi connectivity index (χ1v) is 8.96. The number of amides is 1. The number of carbonyl (C=O) groups excluding carboxylic acids is 1. The highest BCUT2D eigenvalue weighted by Crippen LogP contribution is 2.24. The first-order valence-electron chi connectivity index (χ1n) is 8.96. The van der Waals surface area contributed by atoms with Gasteiger partial charge in [0.05, 0.1) is 6.61 Å². The molecule has 3 rings (SSSR count). The van der Waals surface area contributed by atoms with Crippen LogP contribution in [0.3, 0.4) is 0 Å². The van der Waals surface area contributed by atoms with Gasteiger partial charge >= 0.3 is 0 Å². The van der Waals surface area contributed by atoms with Gasteiger partial charge in [0.15, 0.2) is 0 Å². The van der Waals surface area contributed by atoms with Crippen molar-refractivity contribution in [1.82, 2.24) is 0 Å². The Kier molecular flexibility index (Phi) is 5.89. The number of aliphatic hydroxyl groups excluding tert-OH is 1. The van der Waals surface area contributed by atoms with Gasteiger partial charge in [0, 0.05) is 11.4 Å². The molecule has 0 aromatic heterocycles. The molecule has 0 radical (unpaired) electrons. The highest BCUT2D eigenvalue weighted by Gasteiger charge is 2.21. The Morgan fingerprint density at radius 3 is 2.48 bits per heavy atom. The normalized spacial score (nSPS) is 11.7. The third-order valence-electron chi connectivity index (χ3n) is 4.47. The summed E-state index contributed by atoms with van der Waals surface area (Å²) < 4.78 is 0. The van der Waals surface area contributed by atoms with Gasteiger partial charge in [-0.05, 0) is 54.3 Å². The topological polar surface area (TPSA) is 61.4 Å². The molecule has 4 nitrogen and oxygen atoms in total. The number of hydrogen-bond acceptors (Lipinski definition) is 3. The van der Waals surface area contributed by atoms with E-state index in [1.807, 2.05) is 86.6 Å². The molecule has 0 aliphatic heterocycles. The smallest absolute Gasteiger partial charge is 0.251 e. The summed E-state index contributed by atoms with van der Waals surface area (Å²) in [6.45, 7) is 3.94. The minimum atomic E-state index is -0.556. The summed E-state index contributed by atoms with van der Waals surface area (Å²) >= 11 is 0. The highest BCUT2D eigenvalue weighted by molar-refractivity contribution is 5.98. The zero-order chi connectivity index (χ0) is 19.2. The predicted octanol–water partition coefficient (Wildman–Crippen LogP) is 4.59. The predicted molar refractivity (Wildman–Crippen MR) is 110 cm³/mol. The van der Waals surface area contributed by atoms with E-state index in [2.05, 4.69) is 10.6 Å². The number of aliphatic hydroxyl groups is 1. The van der Waals surface area contributed by atoms with Crippen LogP contribution in [0.1, 0.15) is 28.3 Å². The molecular formula is C23H24N2O2. The van der Waals surface area contributed by atoms with Gasteiger partial charge < -0.3 is 15.7 Å². The van der Waals surface area contributed by atoms with Gasteiger partial charge in [-0.2, -0.15) is 0 Å². The Bertz CT molecular complexity index is 923. The molecule has 138 valence electrons. The lowest BCUT2D eigenvalue weighted by Crippen LogP contribution is -2.27. The summed E-state index contributed by atoms with van der Waals surface area (Å²) in [6, 6.07) is 22.5. The molecule has 0 aliphatic carbocycles. The monoisotopic (exact) mass is 360 g/mol. The summed E-state index contributed by atoms with van der Waals surface area (Å²) in [7, 11) is 0. The van der Waals surface area contributed by atoms with Crippen molar-refractivity contribution in [3.8, 4) is 0 Å². The van der Waals surface area contributed by atoms with Gasteiger partial charge in [0.2, 0.25) is 0 Å². The summed E-state index contributed by atoms with van der Waals surface area (Å²) in [5, 5.41) is 15.7. The van der Waals surface area contributed by atoms with E-state index in [4.69, 9.17) is 0 Å². The lowest BCUT2D eigenvalue weighted by molar-refractivity contribution is -0.117. The van der Waals surface area contributed by atoms with Gasteiger partial charge in [-0.1, -0.05) is 54.6 Å². The number of nitrogens with one attached hydrogen (secondary N) is 2. The van der Waals surface area contributed by atoms with Crippen LogP contribution in [-0.2, 0) is 11.4 Å². The number of hydrogen-bond donors (Lipinski definition) is 3. The SMILES string of the molecule is Cc1ccc(C)c(NC(=O)[C@@H](Nc2cccc(CO)c2)c2ccccc2)c1. The van der Waals surface area contributed by atoms with Crippen LogP contribution in [0.2, 0.25) is 0 Å². The van der Waals surface area contributed by atoms with Crippen molar-refractivity contribution < 1.29 is 9.90 Å². The van der Waals surface area contributed by atoms with Gasteiger partial charge in [-0.25, -0.2) is 0 Å². The zero-order valence-electron chi connectivity index (χ0n) is 15.6. The number of aryl methyl sites for hydroxylation is 2. The second-order valence-corrected chi connectivity index (χ2v) is 6.65. The minimum absolute atomic E-state index is 0.0415. The Balaban J connectivity index is 1.89. The second kappa shape index (κ2) is 8.52. The van der Waals surface area contributed by atoms with Crippen molar-refractivity contribution in [2.24, 2.45) is 0 Å². The molecule has 0 bridgehead atoms. The average Bonchev–Trinajstić information content (AvgIpc) is 2.69. The molecule has 0 unspecified atom stereocenters. The van der Waals surface area contributed by atoms with E-state index in [1.165, 1.54) is 0 Å². The molecule has 3 N–H and O–H groups in total. The Morgan fingerprint density at radius 2 is 1.74 bits per heavy atom. The Labute approximate surface area is 159 Å². The minimum Gasteiger partial charge on any atom is -0.392 e. The molecule has 3 aromatic rings. The molecule has 1 amide bonds. The fourth-order valence-corrected chi connectivity index (χ4v) is 2.95. The summed E-state index contributed by atoms with van der Waals surface area (Å²) in [6.07, 6.45) is 0. The third-order valence-corrected chi connectivity index (χ3v) is 4.47. The van der Waals surface area contributed by atoms with E-state index >= 15 is 0 Å². The van der Waals surface area contributed by atoms with Crippen LogP contribution in [-0.4, -0.2) is 11.0 Å². The van der Waals surface area contributed by atoms with Crippen LogP contribution in [0.5, 0.6) is 0 Å². The van der Waals surface area contributed by atoms with Gasteiger partial charge in [0.25, 0.3) is 5.91 Å². The van der Waals surface area contributed by atoms with Crippen molar-refractivity contribution in [3.05, 3.63) is 95.1 Å². The molecule has 0 spiro atoms. The molecule has 4 heteroatoms. The van der Waals surface area contributed by atoms with E-state index in [1.54, 1.807) is 0 Å². The molecule has 0 aliphatic rings. The zero-order valence-corrected chi connectivity index (χ0v) is 15.6. The Hall–Kier alpha value is -3.11. The lowest BCUT2D eigenvalue weighted by Gasteiger charge is -2.21. The fraction of sp³-hybridized carbons (Fsp3) is 0.174. The van der Waals surface area contributed by atoms with E-state index in [-0.39, 0.29) is 12.5 Å². The van der Waals surface area contributed by atoms with Gasteiger partial charge in [-0.15, -0.1) is 0 Å². The molecule has 0 saturated heterocycles. The second-order valence-electron chi connectivity index (χ2n) is 6.65. The maximum atomic E-state index is 13.1.